The van der Waals surface area contributed by atoms with Crippen LogP contribution in [0.4, 0.5) is 0 Å². The van der Waals surface area contributed by atoms with Crippen LogP contribution in [0.5, 0.6) is 0 Å². The lowest BCUT2D eigenvalue weighted by Crippen LogP contribution is -2.28. The molecule has 4 nitrogen and oxygen atoms in total. The number of methoxy groups -OCH3 is 1. The van der Waals surface area contributed by atoms with Crippen LogP contribution in [-0.4, -0.2) is 43.7 Å². The number of hydrogen-bond donors (Lipinski definition) is 2. The molecule has 5 heteroatoms. The molecule has 0 saturated carbocycles. The van der Waals surface area contributed by atoms with Gasteiger partial charge < -0.3 is 15.8 Å². The molecule has 0 rings (SSSR count). The highest BCUT2D eigenvalue weighted by Gasteiger charge is 2.00. The highest BCUT2D eigenvalue weighted by atomic mass is 32.2. The normalized spacial score (nSPS) is 12.5. The lowest BCUT2D eigenvalue weighted by Gasteiger charge is -2.05. The minimum atomic E-state index is 0.0664. The molecule has 84 valence electrons. The topological polar surface area (TPSA) is 64.3 Å². The van der Waals surface area contributed by atoms with Crippen LogP contribution >= 0.6 is 11.8 Å². The Hall–Kier alpha value is -0.260. The van der Waals surface area contributed by atoms with E-state index in [2.05, 4.69) is 5.32 Å². The molecule has 3 N–H and O–H groups in total. The molecule has 1 unspecified atom stereocenters. The molecular weight excluding hydrogens is 200 g/mol. The Kier molecular flexibility index (Phi) is 9.13. The van der Waals surface area contributed by atoms with Crippen molar-refractivity contribution in [3.63, 3.8) is 0 Å². The van der Waals surface area contributed by atoms with Crippen molar-refractivity contribution in [3.05, 3.63) is 0 Å². The number of nitrogens with two attached hydrogens (primary N) is 1. The maximum atomic E-state index is 11.1. The van der Waals surface area contributed by atoms with Crippen LogP contribution in [0, 0.1) is 0 Å². The Bertz CT molecular complexity index is 154. The smallest absolute Gasteiger partial charge is 0.230 e. The second-order valence-corrected chi connectivity index (χ2v) is 4.27. The van der Waals surface area contributed by atoms with E-state index in [1.54, 1.807) is 18.9 Å². The fraction of sp³-hybridized carbons (Fsp3) is 0.889. The van der Waals surface area contributed by atoms with E-state index in [9.17, 15) is 4.79 Å². The first-order valence-corrected chi connectivity index (χ1v) is 5.91. The van der Waals surface area contributed by atoms with Gasteiger partial charge in [-0.05, 0) is 19.1 Å². The van der Waals surface area contributed by atoms with Crippen molar-refractivity contribution in [2.75, 3.05) is 31.8 Å². The van der Waals surface area contributed by atoms with E-state index in [0.29, 0.717) is 18.9 Å². The second kappa shape index (κ2) is 9.30. The van der Waals surface area contributed by atoms with Crippen LogP contribution in [0.25, 0.3) is 0 Å². The number of ether oxygens (including phenoxy) is 1. The van der Waals surface area contributed by atoms with Crippen LogP contribution < -0.4 is 11.1 Å². The molecule has 14 heavy (non-hydrogen) atoms. The Morgan fingerprint density at radius 2 is 2.36 bits per heavy atom. The van der Waals surface area contributed by atoms with E-state index in [1.807, 2.05) is 6.92 Å². The molecule has 0 bridgehead atoms. The first-order valence-electron chi connectivity index (χ1n) is 4.75. The first-order chi connectivity index (χ1) is 6.66. The van der Waals surface area contributed by atoms with Gasteiger partial charge in [0, 0.05) is 19.7 Å². The number of nitrogens with one attached hydrogen (secondary N) is 1. The molecule has 0 aromatic rings. The minimum absolute atomic E-state index is 0.0664. The van der Waals surface area contributed by atoms with E-state index >= 15 is 0 Å². The zero-order chi connectivity index (χ0) is 10.8. The average Bonchev–Trinajstić information content (AvgIpc) is 2.13. The van der Waals surface area contributed by atoms with E-state index in [-0.39, 0.29) is 11.9 Å². The van der Waals surface area contributed by atoms with E-state index in [4.69, 9.17) is 10.5 Å². The maximum absolute atomic E-state index is 11.1. The molecule has 0 aliphatic rings. The Balaban J connectivity index is 3.18. The highest BCUT2D eigenvalue weighted by Crippen LogP contribution is 2.02. The van der Waals surface area contributed by atoms with Gasteiger partial charge >= 0.3 is 0 Å². The molecule has 0 aliphatic heterocycles. The van der Waals surface area contributed by atoms with Gasteiger partial charge in [-0.3, -0.25) is 4.79 Å². The molecule has 1 atom stereocenters. The van der Waals surface area contributed by atoms with Crippen molar-refractivity contribution in [3.8, 4) is 0 Å². The van der Waals surface area contributed by atoms with Gasteiger partial charge in [-0.15, -0.1) is 0 Å². The molecule has 0 heterocycles. The second-order valence-electron chi connectivity index (χ2n) is 3.16. The number of carbonyl (C=O) groups is 1. The van der Waals surface area contributed by atoms with Gasteiger partial charge in [-0.25, -0.2) is 0 Å². The van der Waals surface area contributed by atoms with Crippen molar-refractivity contribution in [2.45, 2.75) is 19.4 Å². The van der Waals surface area contributed by atoms with Crippen molar-refractivity contribution in [1.29, 1.82) is 0 Å². The molecule has 0 fully saturated rings. The molecule has 0 saturated heterocycles. The van der Waals surface area contributed by atoms with E-state index in [0.717, 1.165) is 12.2 Å². The lowest BCUT2D eigenvalue weighted by atomic mass is 10.3. The molecule has 0 aliphatic carbocycles. The quantitative estimate of drug-likeness (QED) is 0.574. The molecule has 0 radical (unpaired) electrons. The Labute approximate surface area is 89.9 Å². The molecule has 0 spiro atoms. The highest BCUT2D eigenvalue weighted by molar-refractivity contribution is 7.99. The summed E-state index contributed by atoms with van der Waals surface area (Å²) in [7, 11) is 1.61. The minimum Gasteiger partial charge on any atom is -0.383 e. The third-order valence-electron chi connectivity index (χ3n) is 1.58. The van der Waals surface area contributed by atoms with Crippen molar-refractivity contribution < 1.29 is 9.53 Å². The molecule has 0 aromatic carbocycles. The SMILES string of the molecule is COCCNC(=O)CSCCC(C)N. The zero-order valence-electron chi connectivity index (χ0n) is 8.91. The third-order valence-corrected chi connectivity index (χ3v) is 2.57. The summed E-state index contributed by atoms with van der Waals surface area (Å²) >= 11 is 1.61. The standard InChI is InChI=1S/C9H20N2O2S/c1-8(10)3-6-14-7-9(12)11-4-5-13-2/h8H,3-7,10H2,1-2H3,(H,11,12). The summed E-state index contributed by atoms with van der Waals surface area (Å²) in [5, 5.41) is 2.76. The fourth-order valence-electron chi connectivity index (χ4n) is 0.778. The summed E-state index contributed by atoms with van der Waals surface area (Å²) in [5.74, 6) is 1.52. The lowest BCUT2D eigenvalue weighted by molar-refractivity contribution is -0.118. The van der Waals surface area contributed by atoms with Crippen LogP contribution in [0.2, 0.25) is 0 Å². The van der Waals surface area contributed by atoms with Gasteiger partial charge in [-0.1, -0.05) is 0 Å². The van der Waals surface area contributed by atoms with Gasteiger partial charge in [0.05, 0.1) is 12.4 Å². The van der Waals surface area contributed by atoms with Gasteiger partial charge in [0.2, 0.25) is 5.91 Å². The van der Waals surface area contributed by atoms with Crippen molar-refractivity contribution in [1.82, 2.24) is 5.32 Å². The van der Waals surface area contributed by atoms with Gasteiger partial charge in [0.25, 0.3) is 0 Å². The zero-order valence-corrected chi connectivity index (χ0v) is 9.73. The summed E-state index contributed by atoms with van der Waals surface area (Å²) in [6, 6.07) is 0.221. The van der Waals surface area contributed by atoms with E-state index in [1.165, 1.54) is 0 Å². The number of amides is 1. The van der Waals surface area contributed by atoms with Gasteiger partial charge in [0.1, 0.15) is 0 Å². The largest absolute Gasteiger partial charge is 0.383 e. The molecular formula is C9H20N2O2S. The summed E-state index contributed by atoms with van der Waals surface area (Å²) in [6.07, 6.45) is 0.954. The maximum Gasteiger partial charge on any atom is 0.230 e. The predicted molar refractivity (Wildman–Crippen MR) is 60.5 cm³/mol. The summed E-state index contributed by atoms with van der Waals surface area (Å²) in [5.41, 5.74) is 5.58. The van der Waals surface area contributed by atoms with Crippen LogP contribution in [0.3, 0.4) is 0 Å². The van der Waals surface area contributed by atoms with Gasteiger partial charge in [-0.2, -0.15) is 11.8 Å². The summed E-state index contributed by atoms with van der Waals surface area (Å²) in [6.45, 7) is 3.12. The van der Waals surface area contributed by atoms with Crippen LogP contribution in [0.15, 0.2) is 0 Å². The third kappa shape index (κ3) is 9.83. The Morgan fingerprint density at radius 3 is 2.93 bits per heavy atom. The van der Waals surface area contributed by atoms with Crippen LogP contribution in [-0.2, 0) is 9.53 Å². The number of hydrogen-bond acceptors (Lipinski definition) is 4. The Morgan fingerprint density at radius 1 is 1.64 bits per heavy atom. The van der Waals surface area contributed by atoms with Crippen molar-refractivity contribution in [2.24, 2.45) is 5.73 Å². The molecule has 0 aromatic heterocycles. The monoisotopic (exact) mass is 220 g/mol. The summed E-state index contributed by atoms with van der Waals surface area (Å²) < 4.78 is 4.81. The fourth-order valence-corrected chi connectivity index (χ4v) is 1.75. The number of rotatable bonds is 8. The van der Waals surface area contributed by atoms with Crippen molar-refractivity contribution >= 4 is 17.7 Å². The number of thioether (sulfide) groups is 1. The predicted octanol–water partition coefficient (Wildman–Crippen LogP) is 0.220. The van der Waals surface area contributed by atoms with Gasteiger partial charge in [0.15, 0.2) is 0 Å². The average molecular weight is 220 g/mol. The first kappa shape index (κ1) is 13.7. The summed E-state index contributed by atoms with van der Waals surface area (Å²) in [4.78, 5) is 11.1. The van der Waals surface area contributed by atoms with E-state index < -0.39 is 0 Å². The van der Waals surface area contributed by atoms with Crippen LogP contribution in [0.1, 0.15) is 13.3 Å². The number of carbonyl (C=O) groups excluding carboxylic acids is 1. The molecule has 1 amide bonds.